The van der Waals surface area contributed by atoms with Gasteiger partial charge in [-0.25, -0.2) is 9.97 Å². The molecule has 0 aliphatic carbocycles. The van der Waals surface area contributed by atoms with E-state index in [9.17, 15) is 76.7 Å². The Bertz CT molecular complexity index is 5630. The number of aromatic amines is 2. The zero-order valence-electron chi connectivity index (χ0n) is 80.5. The Morgan fingerprint density at radius 1 is 0.229 bits per heavy atom. The molecule has 13 rings (SSSR count). The van der Waals surface area contributed by atoms with E-state index in [1.54, 1.807) is 121 Å². The lowest BCUT2D eigenvalue weighted by molar-refractivity contribution is -0.288. The average Bonchev–Trinajstić information content (AvgIpc) is 1.62. The van der Waals surface area contributed by atoms with Gasteiger partial charge in [0.1, 0.15) is 73.8 Å². The number of nitrogens with one attached hydrogen (secondary N) is 2. The Hall–Kier alpha value is -16.0. The number of hydrogen-bond acceptors (Lipinski definition) is 42. The quantitative estimate of drug-likeness (QED) is 0.0293. The van der Waals surface area contributed by atoms with Gasteiger partial charge in [0.25, 0.3) is 0 Å². The van der Waals surface area contributed by atoms with E-state index in [1.165, 1.54) is 24.3 Å². The van der Waals surface area contributed by atoms with E-state index in [4.69, 9.17) is 124 Å². The van der Waals surface area contributed by atoms with Crippen molar-refractivity contribution in [2.75, 3.05) is 26.4 Å². The topological polar surface area (TPSA) is 552 Å². The summed E-state index contributed by atoms with van der Waals surface area (Å²) in [4.78, 5) is 225. The number of benzene rings is 4. The molecular weight excluding hydrogens is 1900 g/mol. The first-order valence-electron chi connectivity index (χ1n) is 44.9. The van der Waals surface area contributed by atoms with Gasteiger partial charge in [-0.3, -0.25) is 76.7 Å². The van der Waals surface area contributed by atoms with Crippen molar-refractivity contribution in [3.05, 3.63) is 144 Å². The second-order valence-corrected chi connectivity index (χ2v) is 33.4. The van der Waals surface area contributed by atoms with Crippen LogP contribution in [0.4, 0.5) is 0 Å². The normalized spacial score (nSPS) is 23.9. The number of fused-ring (bicyclic) bond motifs is 8. The van der Waals surface area contributed by atoms with Gasteiger partial charge in [-0.1, -0.05) is 48.5 Å². The minimum absolute atomic E-state index is 0.0228. The van der Waals surface area contributed by atoms with Gasteiger partial charge in [-0.05, 0) is 119 Å². The molecule has 3 aromatic heterocycles. The van der Waals surface area contributed by atoms with Crippen molar-refractivity contribution >= 4 is 142 Å². The molecule has 6 aliphatic heterocycles. The van der Waals surface area contributed by atoms with Gasteiger partial charge < -0.3 is 124 Å². The highest BCUT2D eigenvalue weighted by Gasteiger charge is 2.58. The van der Waals surface area contributed by atoms with Gasteiger partial charge in [0.15, 0.2) is 48.8 Å². The van der Waals surface area contributed by atoms with E-state index in [0.29, 0.717) is 66.6 Å². The van der Waals surface area contributed by atoms with Crippen LogP contribution in [0.3, 0.4) is 0 Å². The predicted octanol–water partition coefficient (Wildman–Crippen LogP) is 9.17. The summed E-state index contributed by atoms with van der Waals surface area (Å²) in [5.41, 5.74) is 4.49. The molecule has 0 unspecified atom stereocenters. The Labute approximate surface area is 820 Å². The lowest BCUT2D eigenvalue weighted by Gasteiger charge is -2.43. The maximum Gasteiger partial charge on any atom is 0.303 e. The minimum atomic E-state index is -1.75. The van der Waals surface area contributed by atoms with Crippen LogP contribution in [-0.2, 0) is 171 Å². The van der Waals surface area contributed by atoms with Gasteiger partial charge in [0.2, 0.25) is 49.6 Å². The van der Waals surface area contributed by atoms with E-state index >= 15 is 0 Å². The van der Waals surface area contributed by atoms with E-state index in [2.05, 4.69) is 9.97 Å². The fourth-order valence-corrected chi connectivity index (χ4v) is 17.0. The first kappa shape index (κ1) is 105. The van der Waals surface area contributed by atoms with Crippen LogP contribution < -0.4 is 18.9 Å². The molecule has 0 spiro atoms. The number of hydrogen-bond donors (Lipinski definition) is 2. The van der Waals surface area contributed by atoms with E-state index in [-0.39, 0.29) is 45.8 Å². The second kappa shape index (κ2) is 46.6. The summed E-state index contributed by atoms with van der Waals surface area (Å²) in [7, 11) is 0. The predicted molar refractivity (Wildman–Crippen MR) is 491 cm³/mol. The summed E-state index contributed by atoms with van der Waals surface area (Å²) in [6.45, 7) is 14.8. The standard InChI is InChI=1S/C100H102N4O40/c1-45(105)121-41-77-85(125-49(5)109)89(129-53(9)113)93(133-57(13)117)97(141-77)137-65-25-17-21-61(37-65)81-69-29-31-71(101-69)82(62-22-18-26-66(38-62)138-98-94(134-58(14)118)90(130-54(10)114)86(126-50(6)110)78(142-98)42-122-46(2)106)73-33-35-75(103-73)84(64-24-20-28-68(40-64)140-100-96(136-60(16)120)92(132-56(12)116)88(128-52(8)112)80(144-100)44-124-48(4)108)76-36-34-74(104-76)83(72-32-30-70(81)102-72)63-23-19-27-67(39-63)139-99-95(135-59(15)119)91(131-55(11)115)87(127-51(7)111)79(143-99)43-123-47(3)107/h17-40,77-80,85-101,104H,41-44H2,1-16H3/t77-,78-,79-,80-,85-,86-,87-,88-,89+,90+,91+,92+,93-,94-,95-,96-,97-,98-,99-,100-/m1/s1. The van der Waals surface area contributed by atoms with E-state index < -0.39 is 245 Å². The second-order valence-electron chi connectivity index (χ2n) is 33.4. The van der Waals surface area contributed by atoms with Gasteiger partial charge in [0, 0.05) is 155 Å². The molecular formula is C100H102N4O40. The average molecular weight is 2000 g/mol. The van der Waals surface area contributed by atoms with E-state index in [1.807, 2.05) is 0 Å². The number of carbonyl (C=O) groups is 16. The van der Waals surface area contributed by atoms with Crippen molar-refractivity contribution in [3.8, 4) is 67.5 Å². The Morgan fingerprint density at radius 2 is 0.403 bits per heavy atom. The van der Waals surface area contributed by atoms with Crippen LogP contribution in [0, 0.1) is 0 Å². The number of carbonyl (C=O) groups excluding carboxylic acids is 16. The third-order valence-corrected chi connectivity index (χ3v) is 22.0. The van der Waals surface area contributed by atoms with Crippen molar-refractivity contribution in [2.24, 2.45) is 0 Å². The first-order chi connectivity index (χ1) is 68.5. The Balaban J connectivity index is 1.08. The van der Waals surface area contributed by atoms with Crippen molar-refractivity contribution in [1.82, 2.24) is 19.9 Å². The zero-order valence-corrected chi connectivity index (χ0v) is 80.5. The largest absolute Gasteiger partial charge is 0.463 e. The fraction of sp³-hybridized carbons (Fsp3) is 0.400. The third-order valence-electron chi connectivity index (χ3n) is 22.0. The Kier molecular flexibility index (Phi) is 34.1. The Morgan fingerprint density at radius 3 is 0.576 bits per heavy atom. The molecule has 0 amide bonds. The maximum atomic E-state index is 13.2. The van der Waals surface area contributed by atoms with Crippen LogP contribution in [0.5, 0.6) is 23.0 Å². The fourth-order valence-electron chi connectivity index (χ4n) is 17.0. The lowest BCUT2D eigenvalue weighted by atomic mass is 9.98. The van der Waals surface area contributed by atoms with Gasteiger partial charge in [-0.15, -0.1) is 0 Å². The van der Waals surface area contributed by atoms with Crippen molar-refractivity contribution in [2.45, 2.75) is 234 Å². The molecule has 0 radical (unpaired) electrons. The van der Waals surface area contributed by atoms with Crippen LogP contribution in [-0.4, -0.2) is 265 Å². The van der Waals surface area contributed by atoms with E-state index in [0.717, 1.165) is 111 Å². The number of rotatable bonds is 32. The molecule has 4 aromatic carbocycles. The van der Waals surface area contributed by atoms with Crippen molar-refractivity contribution in [3.63, 3.8) is 0 Å². The molecule has 20 atom stereocenters. The monoisotopic (exact) mass is 2000 g/mol. The molecule has 6 aliphatic rings. The maximum absolute atomic E-state index is 13.2. The highest BCUT2D eigenvalue weighted by molar-refractivity contribution is 6.00. The number of ether oxygens (including phenoxy) is 24. The van der Waals surface area contributed by atoms with Crippen LogP contribution in [0.15, 0.2) is 121 Å². The molecule has 2 N–H and O–H groups in total. The molecule has 44 heteroatoms. The highest BCUT2D eigenvalue weighted by atomic mass is 16.8. The first-order valence-corrected chi connectivity index (χ1v) is 44.9. The molecule has 7 aromatic rings. The molecule has 4 saturated heterocycles. The third kappa shape index (κ3) is 26.6. The molecule has 0 saturated carbocycles. The minimum Gasteiger partial charge on any atom is -0.463 e. The number of nitrogens with zero attached hydrogens (tertiary/aromatic N) is 2. The molecule has 144 heavy (non-hydrogen) atoms. The van der Waals surface area contributed by atoms with Crippen molar-refractivity contribution in [1.29, 1.82) is 0 Å². The smallest absolute Gasteiger partial charge is 0.303 e. The van der Waals surface area contributed by atoms with Crippen LogP contribution in [0.2, 0.25) is 0 Å². The molecule has 8 bridgehead atoms. The summed E-state index contributed by atoms with van der Waals surface area (Å²) in [6.07, 6.45) is -25.7. The lowest BCUT2D eigenvalue weighted by Crippen LogP contribution is -2.63. The summed E-state index contributed by atoms with van der Waals surface area (Å²) < 4.78 is 143. The number of aromatic nitrogens is 4. The number of H-pyrrole nitrogens is 2. The summed E-state index contributed by atoms with van der Waals surface area (Å²) >= 11 is 0. The van der Waals surface area contributed by atoms with Crippen molar-refractivity contribution < 1.29 is 190 Å². The highest BCUT2D eigenvalue weighted by Crippen LogP contribution is 2.45. The van der Waals surface area contributed by atoms with Gasteiger partial charge >= 0.3 is 95.5 Å². The molecule has 44 nitrogen and oxygen atoms in total. The molecule has 762 valence electrons. The van der Waals surface area contributed by atoms with Crippen LogP contribution in [0.1, 0.15) is 134 Å². The van der Waals surface area contributed by atoms with Crippen LogP contribution in [0.25, 0.3) is 90.9 Å². The summed E-state index contributed by atoms with van der Waals surface area (Å²) in [6, 6.07) is 32.4. The number of esters is 16. The summed E-state index contributed by atoms with van der Waals surface area (Å²) in [5, 5.41) is 0. The molecule has 9 heterocycles. The zero-order chi connectivity index (χ0) is 104. The SMILES string of the molecule is CC(=O)OC[C@H]1O[C@@H](Oc2cccc(-c3c4nc(c(-c5cccc(O[C@@H]6O[C@H](COC(C)=O)[C@@H](OC(C)=O)[C@H](OC(C)=O)[C@H]6OC(C)=O)c5)c5ccc([nH]5)c(-c5cccc(O[C@@H]6O[C@H](COC(C)=O)[C@@H](OC(C)=O)[C@H](OC(C)=O)[C@H]6OC(C)=O)c5)c5nc(c(-c6cccc(O[C@@H]7O[C@H](COC(C)=O)[C@@H](OC(C)=O)[C@H](OC(C)=O)[C@H]7OC(C)=O)c6)c6ccc3[nH]6)C=C5)C=C4)c2)[C@H](OC(C)=O)[C@@H](OC(C)=O)[C@@H]1OC(C)=O. The summed E-state index contributed by atoms with van der Waals surface area (Å²) in [5.74, 6) is -14.1. The van der Waals surface area contributed by atoms with Gasteiger partial charge in [0.05, 0.1) is 22.8 Å². The molecule has 4 fully saturated rings. The van der Waals surface area contributed by atoms with Gasteiger partial charge in [-0.2, -0.15) is 0 Å². The van der Waals surface area contributed by atoms with Crippen LogP contribution >= 0.6 is 0 Å².